The van der Waals surface area contributed by atoms with Crippen LogP contribution in [0.5, 0.6) is 0 Å². The third-order valence-corrected chi connectivity index (χ3v) is 2.89. The van der Waals surface area contributed by atoms with Crippen molar-refractivity contribution in [2.24, 2.45) is 0 Å². The minimum Gasteiger partial charge on any atom is -0.259 e. The second-order valence-electron chi connectivity index (χ2n) is 4.80. The van der Waals surface area contributed by atoms with Gasteiger partial charge in [-0.15, -0.1) is 0 Å². The van der Waals surface area contributed by atoms with Gasteiger partial charge in [-0.05, 0) is 29.5 Å². The summed E-state index contributed by atoms with van der Waals surface area (Å²) in [5, 5.41) is 1.25. The SMILES string of the molecule is CC(C)c1ccnc2c(C(C)C)nccc12. The zero-order valence-corrected chi connectivity index (χ0v) is 10.4. The number of hydrogen-bond donors (Lipinski definition) is 0. The molecule has 0 unspecified atom stereocenters. The van der Waals surface area contributed by atoms with E-state index in [9.17, 15) is 0 Å². The Morgan fingerprint density at radius 3 is 2.19 bits per heavy atom. The van der Waals surface area contributed by atoms with Crippen molar-refractivity contribution in [1.29, 1.82) is 0 Å². The molecular weight excluding hydrogens is 196 g/mol. The first-order chi connectivity index (χ1) is 7.61. The Labute approximate surface area is 96.7 Å². The maximum Gasteiger partial charge on any atom is 0.0922 e. The van der Waals surface area contributed by atoms with Crippen LogP contribution in [-0.4, -0.2) is 9.97 Å². The maximum absolute atomic E-state index is 4.48. The summed E-state index contributed by atoms with van der Waals surface area (Å²) in [5.74, 6) is 0.937. The monoisotopic (exact) mass is 214 g/mol. The molecule has 2 heteroatoms. The quantitative estimate of drug-likeness (QED) is 0.758. The van der Waals surface area contributed by atoms with E-state index in [1.807, 2.05) is 12.4 Å². The van der Waals surface area contributed by atoms with E-state index >= 15 is 0 Å². The van der Waals surface area contributed by atoms with Gasteiger partial charge in [0.05, 0.1) is 11.2 Å². The van der Waals surface area contributed by atoms with Crippen LogP contribution in [0.2, 0.25) is 0 Å². The van der Waals surface area contributed by atoms with Crippen LogP contribution in [0, 0.1) is 0 Å². The maximum atomic E-state index is 4.48. The molecule has 2 aromatic heterocycles. The number of aromatic nitrogens is 2. The highest BCUT2D eigenvalue weighted by Crippen LogP contribution is 2.27. The van der Waals surface area contributed by atoms with Gasteiger partial charge in [-0.1, -0.05) is 27.7 Å². The van der Waals surface area contributed by atoms with E-state index in [-0.39, 0.29) is 0 Å². The molecule has 0 aliphatic rings. The molecule has 2 aromatic rings. The average molecular weight is 214 g/mol. The van der Waals surface area contributed by atoms with Gasteiger partial charge < -0.3 is 0 Å². The molecule has 2 rings (SSSR count). The molecular formula is C14H18N2. The fourth-order valence-corrected chi connectivity index (χ4v) is 2.05. The van der Waals surface area contributed by atoms with E-state index in [1.54, 1.807) is 0 Å². The molecule has 0 fully saturated rings. The third-order valence-electron chi connectivity index (χ3n) is 2.89. The number of pyridine rings is 2. The summed E-state index contributed by atoms with van der Waals surface area (Å²) in [6.07, 6.45) is 3.79. The molecule has 2 heterocycles. The van der Waals surface area contributed by atoms with E-state index < -0.39 is 0 Å². The van der Waals surface area contributed by atoms with Crippen LogP contribution in [-0.2, 0) is 0 Å². The Balaban J connectivity index is 2.76. The first-order valence-corrected chi connectivity index (χ1v) is 5.84. The predicted octanol–water partition coefficient (Wildman–Crippen LogP) is 3.88. The summed E-state index contributed by atoms with van der Waals surface area (Å²) in [5.41, 5.74) is 3.51. The van der Waals surface area contributed by atoms with Crippen molar-refractivity contribution < 1.29 is 0 Å². The largest absolute Gasteiger partial charge is 0.259 e. The zero-order valence-electron chi connectivity index (χ0n) is 10.4. The van der Waals surface area contributed by atoms with E-state index in [0.29, 0.717) is 11.8 Å². The van der Waals surface area contributed by atoms with Crippen molar-refractivity contribution in [3.05, 3.63) is 35.8 Å². The highest BCUT2D eigenvalue weighted by Gasteiger charge is 2.11. The van der Waals surface area contributed by atoms with Gasteiger partial charge in [0.15, 0.2) is 0 Å². The van der Waals surface area contributed by atoms with Crippen LogP contribution in [0.3, 0.4) is 0 Å². The second-order valence-corrected chi connectivity index (χ2v) is 4.80. The fourth-order valence-electron chi connectivity index (χ4n) is 2.05. The van der Waals surface area contributed by atoms with Crippen molar-refractivity contribution >= 4 is 10.9 Å². The summed E-state index contributed by atoms with van der Waals surface area (Å²) in [6.45, 7) is 8.74. The topological polar surface area (TPSA) is 25.8 Å². The van der Waals surface area contributed by atoms with E-state index in [0.717, 1.165) is 11.2 Å². The van der Waals surface area contributed by atoms with Gasteiger partial charge in [-0.25, -0.2) is 0 Å². The molecule has 2 nitrogen and oxygen atoms in total. The van der Waals surface area contributed by atoms with E-state index in [2.05, 4.69) is 49.8 Å². The minimum atomic E-state index is 0.415. The lowest BCUT2D eigenvalue weighted by atomic mass is 9.97. The van der Waals surface area contributed by atoms with Gasteiger partial charge in [0.1, 0.15) is 0 Å². The summed E-state index contributed by atoms with van der Waals surface area (Å²) in [4.78, 5) is 8.93. The molecule has 0 aliphatic heterocycles. The number of fused-ring (bicyclic) bond motifs is 1. The van der Waals surface area contributed by atoms with E-state index in [4.69, 9.17) is 0 Å². The van der Waals surface area contributed by atoms with Crippen molar-refractivity contribution in [2.75, 3.05) is 0 Å². The molecule has 0 spiro atoms. The summed E-state index contributed by atoms with van der Waals surface area (Å²) in [7, 11) is 0. The third kappa shape index (κ3) is 1.80. The van der Waals surface area contributed by atoms with Crippen LogP contribution in [0.25, 0.3) is 10.9 Å². The van der Waals surface area contributed by atoms with Gasteiger partial charge >= 0.3 is 0 Å². The molecule has 0 N–H and O–H groups in total. The summed E-state index contributed by atoms with van der Waals surface area (Å²) in [6, 6.07) is 4.18. The van der Waals surface area contributed by atoms with Crippen LogP contribution in [0.4, 0.5) is 0 Å². The van der Waals surface area contributed by atoms with E-state index in [1.165, 1.54) is 10.9 Å². The molecule has 84 valence electrons. The lowest BCUT2D eigenvalue weighted by Crippen LogP contribution is -1.98. The van der Waals surface area contributed by atoms with Crippen LogP contribution < -0.4 is 0 Å². The average Bonchev–Trinajstić information content (AvgIpc) is 2.27. The summed E-state index contributed by atoms with van der Waals surface area (Å²) < 4.78 is 0. The molecule has 0 atom stereocenters. The van der Waals surface area contributed by atoms with Gasteiger partial charge in [-0.3, -0.25) is 9.97 Å². The molecule has 0 radical (unpaired) electrons. The Bertz CT molecular complexity index is 454. The predicted molar refractivity (Wildman–Crippen MR) is 67.7 cm³/mol. The molecule has 0 aliphatic carbocycles. The Morgan fingerprint density at radius 2 is 1.56 bits per heavy atom. The first kappa shape index (κ1) is 11.1. The van der Waals surface area contributed by atoms with Crippen LogP contribution in [0.15, 0.2) is 24.5 Å². The Kier molecular flexibility index (Phi) is 2.90. The number of hydrogen-bond acceptors (Lipinski definition) is 2. The second kappa shape index (κ2) is 4.20. The normalized spacial score (nSPS) is 11.6. The number of rotatable bonds is 2. The first-order valence-electron chi connectivity index (χ1n) is 5.84. The Hall–Kier alpha value is -1.44. The molecule has 0 aromatic carbocycles. The van der Waals surface area contributed by atoms with Crippen molar-refractivity contribution in [3.8, 4) is 0 Å². The number of nitrogens with zero attached hydrogens (tertiary/aromatic N) is 2. The van der Waals surface area contributed by atoms with Gasteiger partial charge in [0.2, 0.25) is 0 Å². The standard InChI is InChI=1S/C14H18N2/c1-9(2)11-5-7-16-14-12(11)6-8-15-13(14)10(3)4/h5-10H,1-4H3. The zero-order chi connectivity index (χ0) is 11.7. The Morgan fingerprint density at radius 1 is 0.875 bits per heavy atom. The van der Waals surface area contributed by atoms with Crippen molar-refractivity contribution in [3.63, 3.8) is 0 Å². The van der Waals surface area contributed by atoms with Crippen LogP contribution in [0.1, 0.15) is 50.8 Å². The highest BCUT2D eigenvalue weighted by molar-refractivity contribution is 5.84. The van der Waals surface area contributed by atoms with Crippen LogP contribution >= 0.6 is 0 Å². The molecule has 0 saturated carbocycles. The van der Waals surface area contributed by atoms with Gasteiger partial charge in [0.25, 0.3) is 0 Å². The van der Waals surface area contributed by atoms with Gasteiger partial charge in [-0.2, -0.15) is 0 Å². The van der Waals surface area contributed by atoms with Crippen molar-refractivity contribution in [1.82, 2.24) is 9.97 Å². The van der Waals surface area contributed by atoms with Crippen molar-refractivity contribution in [2.45, 2.75) is 39.5 Å². The van der Waals surface area contributed by atoms with Gasteiger partial charge in [0, 0.05) is 17.8 Å². The lowest BCUT2D eigenvalue weighted by molar-refractivity contribution is 0.827. The molecule has 0 saturated heterocycles. The highest BCUT2D eigenvalue weighted by atomic mass is 14.8. The smallest absolute Gasteiger partial charge is 0.0922 e. The molecule has 0 amide bonds. The fraction of sp³-hybridized carbons (Fsp3) is 0.429. The molecule has 16 heavy (non-hydrogen) atoms. The molecule has 0 bridgehead atoms. The minimum absolute atomic E-state index is 0.415. The lowest BCUT2D eigenvalue weighted by Gasteiger charge is -2.12. The summed E-state index contributed by atoms with van der Waals surface area (Å²) >= 11 is 0.